The van der Waals surface area contributed by atoms with E-state index in [0.29, 0.717) is 10.5 Å². The van der Waals surface area contributed by atoms with Crippen LogP contribution in [0.5, 0.6) is 11.5 Å². The first-order valence-electron chi connectivity index (χ1n) is 12.2. The standard InChI is InChI=1S/C24H24BCl2N5O9/c26-14-10-16(33)15(27)9-13(14)18(30-24(39)32-7-6-31(5-4-28)21(35)22(32)36)20(34)29-17-8-11-2-1-3-12(23(37)38)19(11)41-25(17)40/h1-3,9-10,17-18,33,40H,4-8,28H2,(H,29,34)(H,30,39)(H,37,38)/t17-,18+/m0/s1. The van der Waals surface area contributed by atoms with Crippen LogP contribution in [0.1, 0.15) is 27.5 Å². The van der Waals surface area contributed by atoms with Gasteiger partial charge in [0.15, 0.2) is 0 Å². The lowest BCUT2D eigenvalue weighted by molar-refractivity contribution is -0.153. The fraction of sp³-hybridized carbons (Fsp3) is 0.292. The number of hydrogen-bond donors (Lipinski definition) is 6. The molecule has 2 heterocycles. The van der Waals surface area contributed by atoms with Crippen molar-refractivity contribution in [1.82, 2.24) is 20.4 Å². The van der Waals surface area contributed by atoms with E-state index in [9.17, 15) is 39.2 Å². The summed E-state index contributed by atoms with van der Waals surface area (Å²) in [6, 6.07) is 3.82. The number of fused-ring (bicyclic) bond motifs is 1. The number of nitrogens with one attached hydrogen (secondary N) is 2. The molecule has 216 valence electrons. The highest BCUT2D eigenvalue weighted by Crippen LogP contribution is 2.34. The van der Waals surface area contributed by atoms with Crippen molar-refractivity contribution in [3.8, 4) is 11.5 Å². The molecule has 0 saturated carbocycles. The molecule has 0 unspecified atom stereocenters. The molecular formula is C24H24BCl2N5O9. The number of amides is 5. The van der Waals surface area contributed by atoms with Crippen molar-refractivity contribution in [1.29, 1.82) is 0 Å². The van der Waals surface area contributed by atoms with Gasteiger partial charge >= 0.3 is 30.9 Å². The number of urea groups is 1. The Morgan fingerprint density at radius 3 is 2.56 bits per heavy atom. The van der Waals surface area contributed by atoms with Gasteiger partial charge in [-0.2, -0.15) is 0 Å². The molecule has 1 fully saturated rings. The molecule has 2 aliphatic rings. The largest absolute Gasteiger partial charge is 0.547 e. The molecule has 2 atom stereocenters. The predicted molar refractivity (Wildman–Crippen MR) is 144 cm³/mol. The number of hydrogen-bond acceptors (Lipinski definition) is 9. The molecule has 5 amide bonds. The van der Waals surface area contributed by atoms with Crippen LogP contribution < -0.4 is 21.0 Å². The number of aromatic hydroxyl groups is 1. The Bertz CT molecular complexity index is 1430. The Labute approximate surface area is 243 Å². The van der Waals surface area contributed by atoms with Gasteiger partial charge in [0.25, 0.3) is 0 Å². The van der Waals surface area contributed by atoms with Crippen LogP contribution >= 0.6 is 23.2 Å². The topological polar surface area (TPSA) is 212 Å². The normalized spacial score (nSPS) is 17.5. The first-order chi connectivity index (χ1) is 19.4. The number of halogens is 2. The van der Waals surface area contributed by atoms with Crippen molar-refractivity contribution in [3.05, 3.63) is 57.1 Å². The third-order valence-electron chi connectivity index (χ3n) is 6.54. The number of imide groups is 1. The maximum Gasteiger partial charge on any atom is 0.547 e. The maximum atomic E-state index is 13.6. The van der Waals surface area contributed by atoms with Crippen LogP contribution in [0.2, 0.25) is 10.0 Å². The quantitative estimate of drug-likeness (QED) is 0.182. The van der Waals surface area contributed by atoms with Crippen molar-refractivity contribution in [3.63, 3.8) is 0 Å². The van der Waals surface area contributed by atoms with Crippen LogP contribution in [0.4, 0.5) is 4.79 Å². The number of para-hydroxylation sites is 1. The lowest BCUT2D eigenvalue weighted by Gasteiger charge is -2.34. The Morgan fingerprint density at radius 1 is 1.15 bits per heavy atom. The van der Waals surface area contributed by atoms with E-state index in [0.717, 1.165) is 12.1 Å². The van der Waals surface area contributed by atoms with Crippen LogP contribution in [0, 0.1) is 0 Å². The molecule has 41 heavy (non-hydrogen) atoms. The second-order valence-corrected chi connectivity index (χ2v) is 9.99. The second-order valence-electron chi connectivity index (χ2n) is 9.17. The molecule has 0 radical (unpaired) electrons. The predicted octanol–water partition coefficient (Wildman–Crippen LogP) is -0.0830. The number of rotatable bonds is 7. The molecule has 0 aromatic heterocycles. The van der Waals surface area contributed by atoms with Gasteiger partial charge in [0.2, 0.25) is 5.91 Å². The monoisotopic (exact) mass is 607 g/mol. The maximum absolute atomic E-state index is 13.6. The fourth-order valence-corrected chi connectivity index (χ4v) is 4.92. The summed E-state index contributed by atoms with van der Waals surface area (Å²) in [7, 11) is -1.67. The average Bonchev–Trinajstić information content (AvgIpc) is 2.92. The third kappa shape index (κ3) is 6.17. The molecule has 7 N–H and O–H groups in total. The van der Waals surface area contributed by atoms with E-state index >= 15 is 0 Å². The molecule has 0 aliphatic carbocycles. The average molecular weight is 608 g/mol. The van der Waals surface area contributed by atoms with E-state index in [4.69, 9.17) is 33.6 Å². The Morgan fingerprint density at radius 2 is 1.88 bits per heavy atom. The minimum Gasteiger partial charge on any atom is -0.534 e. The van der Waals surface area contributed by atoms with E-state index < -0.39 is 54.6 Å². The minimum atomic E-state index is -1.67. The molecule has 2 aromatic carbocycles. The van der Waals surface area contributed by atoms with Gasteiger partial charge in [-0.3, -0.25) is 19.3 Å². The van der Waals surface area contributed by atoms with E-state index in [-0.39, 0.29) is 59.5 Å². The van der Waals surface area contributed by atoms with Crippen LogP contribution in [0.15, 0.2) is 30.3 Å². The number of nitrogens with zero attached hydrogens (tertiary/aromatic N) is 2. The zero-order chi connectivity index (χ0) is 30.0. The van der Waals surface area contributed by atoms with Gasteiger partial charge in [-0.05, 0) is 24.1 Å². The molecule has 4 rings (SSSR count). The zero-order valence-corrected chi connectivity index (χ0v) is 22.7. The number of piperazine rings is 1. The van der Waals surface area contributed by atoms with Crippen LogP contribution in [0.25, 0.3) is 0 Å². The van der Waals surface area contributed by atoms with Crippen molar-refractivity contribution in [2.45, 2.75) is 18.4 Å². The number of aromatic carboxylic acids is 1. The summed E-state index contributed by atoms with van der Waals surface area (Å²) in [4.78, 5) is 65.1. The summed E-state index contributed by atoms with van der Waals surface area (Å²) in [5.41, 5.74) is 5.61. The summed E-state index contributed by atoms with van der Waals surface area (Å²) >= 11 is 12.3. The highest BCUT2D eigenvalue weighted by Gasteiger charge is 2.41. The van der Waals surface area contributed by atoms with Crippen molar-refractivity contribution in [2.75, 3.05) is 26.2 Å². The minimum absolute atomic E-state index is 0.0290. The highest BCUT2D eigenvalue weighted by atomic mass is 35.5. The molecule has 1 saturated heterocycles. The molecule has 14 nitrogen and oxygen atoms in total. The Kier molecular flexibility index (Phi) is 8.92. The van der Waals surface area contributed by atoms with Gasteiger partial charge in [-0.25, -0.2) is 9.59 Å². The van der Waals surface area contributed by atoms with E-state index in [1.165, 1.54) is 17.0 Å². The smallest absolute Gasteiger partial charge is 0.534 e. The number of carboxylic acid groups (broad SMARTS) is 1. The molecule has 2 aliphatic heterocycles. The van der Waals surface area contributed by atoms with Gasteiger partial charge in [-0.15, -0.1) is 0 Å². The second kappa shape index (κ2) is 12.2. The SMILES string of the molecule is NCCN1CCN(C(=O)N[C@@H](C(=O)N[C@H]2Cc3cccc(C(=O)O)c3OB2O)c2cc(Cl)c(O)cc2Cl)C(=O)C1=O. The summed E-state index contributed by atoms with van der Waals surface area (Å²) in [5.74, 6) is -5.81. The number of phenols is 1. The summed E-state index contributed by atoms with van der Waals surface area (Å²) in [6.07, 6.45) is -0.0375. The van der Waals surface area contributed by atoms with Gasteiger partial charge in [0.05, 0.1) is 21.5 Å². The molecular weight excluding hydrogens is 584 g/mol. The number of phenolic OH excluding ortho intramolecular Hbond substituents is 1. The number of carbonyl (C=O) groups excluding carboxylic acids is 4. The molecule has 17 heteroatoms. The van der Waals surface area contributed by atoms with Crippen LogP contribution in [-0.2, 0) is 20.8 Å². The van der Waals surface area contributed by atoms with Crippen molar-refractivity contribution >= 4 is 60.0 Å². The lowest BCUT2D eigenvalue weighted by Crippen LogP contribution is -2.60. The summed E-state index contributed by atoms with van der Waals surface area (Å²) < 4.78 is 5.40. The molecule has 0 spiro atoms. The van der Waals surface area contributed by atoms with E-state index in [1.54, 1.807) is 6.07 Å². The number of carbonyl (C=O) groups is 5. The lowest BCUT2D eigenvalue weighted by atomic mass is 9.72. The highest BCUT2D eigenvalue weighted by molar-refractivity contribution is 6.47. The summed E-state index contributed by atoms with van der Waals surface area (Å²) in [5, 5.41) is 34.4. The third-order valence-corrected chi connectivity index (χ3v) is 7.17. The first kappa shape index (κ1) is 29.9. The first-order valence-corrected chi connectivity index (χ1v) is 13.0. The Balaban J connectivity index is 1.60. The fourth-order valence-electron chi connectivity index (χ4n) is 4.48. The Hall–Kier alpha value is -4.05. The van der Waals surface area contributed by atoms with E-state index in [1.807, 2.05) is 0 Å². The van der Waals surface area contributed by atoms with Gasteiger partial charge in [-0.1, -0.05) is 35.3 Å². The van der Waals surface area contributed by atoms with E-state index in [2.05, 4.69) is 10.6 Å². The van der Waals surface area contributed by atoms with Gasteiger partial charge < -0.3 is 41.2 Å². The van der Waals surface area contributed by atoms with Gasteiger partial charge in [0, 0.05) is 37.8 Å². The summed E-state index contributed by atoms with van der Waals surface area (Å²) in [6.45, 7) is 0.0931. The van der Waals surface area contributed by atoms with Gasteiger partial charge in [0.1, 0.15) is 17.5 Å². The van der Waals surface area contributed by atoms with Crippen LogP contribution in [-0.4, -0.2) is 94.0 Å². The van der Waals surface area contributed by atoms with Crippen LogP contribution in [0.3, 0.4) is 0 Å². The molecule has 0 bridgehead atoms. The zero-order valence-electron chi connectivity index (χ0n) is 21.2. The van der Waals surface area contributed by atoms with Crippen molar-refractivity contribution in [2.24, 2.45) is 5.73 Å². The number of nitrogens with two attached hydrogens (primary N) is 1. The molecule has 2 aromatic rings. The number of carboxylic acids is 1. The number of benzene rings is 2. The van der Waals surface area contributed by atoms with Crippen molar-refractivity contribution < 1.29 is 43.9 Å².